The lowest BCUT2D eigenvalue weighted by Gasteiger charge is -2.24. The number of aryl methyl sites for hydroxylation is 2. The SMILES string of the molecule is Cc1cc(=O)cc(C)n1CC(=O)NC(C)(C)CO. The number of aromatic nitrogens is 1. The van der Waals surface area contributed by atoms with Crippen molar-refractivity contribution in [1.29, 1.82) is 0 Å². The number of aliphatic hydroxyl groups excluding tert-OH is 1. The average Bonchev–Trinajstić information content (AvgIpc) is 2.22. The third-order valence-electron chi connectivity index (χ3n) is 2.73. The van der Waals surface area contributed by atoms with E-state index in [2.05, 4.69) is 5.32 Å². The summed E-state index contributed by atoms with van der Waals surface area (Å²) in [4.78, 5) is 23.1. The van der Waals surface area contributed by atoms with Crippen LogP contribution in [0.3, 0.4) is 0 Å². The smallest absolute Gasteiger partial charge is 0.240 e. The Bertz CT molecular complexity index is 477. The Morgan fingerprint density at radius 2 is 1.83 bits per heavy atom. The first-order chi connectivity index (χ1) is 8.25. The predicted octanol–water partition coefficient (Wildman–Crippen LogP) is 0.352. The number of carbonyl (C=O) groups excluding carboxylic acids is 1. The van der Waals surface area contributed by atoms with Crippen LogP contribution in [0.4, 0.5) is 0 Å². The summed E-state index contributed by atoms with van der Waals surface area (Å²) in [6.45, 7) is 7.09. The van der Waals surface area contributed by atoms with Gasteiger partial charge in [-0.1, -0.05) is 0 Å². The van der Waals surface area contributed by atoms with Gasteiger partial charge in [0.05, 0.1) is 12.1 Å². The molecule has 1 aromatic heterocycles. The summed E-state index contributed by atoms with van der Waals surface area (Å²) >= 11 is 0. The number of pyridine rings is 1. The van der Waals surface area contributed by atoms with Crippen LogP contribution < -0.4 is 10.7 Å². The standard InChI is InChI=1S/C13H20N2O3/c1-9-5-11(17)6-10(2)15(9)7-12(18)14-13(3,4)8-16/h5-6,16H,7-8H2,1-4H3,(H,14,18). The van der Waals surface area contributed by atoms with E-state index in [0.717, 1.165) is 11.4 Å². The Balaban J connectivity index is 2.86. The van der Waals surface area contributed by atoms with Crippen LogP contribution in [-0.2, 0) is 11.3 Å². The highest BCUT2D eigenvalue weighted by Gasteiger charge is 2.19. The number of aliphatic hydroxyl groups is 1. The van der Waals surface area contributed by atoms with Crippen LogP contribution in [0.25, 0.3) is 0 Å². The highest BCUT2D eigenvalue weighted by Crippen LogP contribution is 2.04. The molecule has 5 heteroatoms. The molecule has 0 aliphatic carbocycles. The first kappa shape index (κ1) is 14.4. The number of nitrogens with one attached hydrogen (secondary N) is 1. The molecule has 0 radical (unpaired) electrons. The molecule has 0 aliphatic heterocycles. The summed E-state index contributed by atoms with van der Waals surface area (Å²) in [6.07, 6.45) is 0. The monoisotopic (exact) mass is 252 g/mol. The Hall–Kier alpha value is -1.62. The number of rotatable bonds is 4. The number of hydrogen-bond acceptors (Lipinski definition) is 3. The van der Waals surface area contributed by atoms with Crippen LogP contribution in [-0.4, -0.2) is 27.7 Å². The van der Waals surface area contributed by atoms with Crippen molar-refractivity contribution in [3.05, 3.63) is 33.7 Å². The first-order valence-corrected chi connectivity index (χ1v) is 5.85. The Kier molecular flexibility index (Phi) is 4.29. The van der Waals surface area contributed by atoms with Crippen molar-refractivity contribution in [3.63, 3.8) is 0 Å². The van der Waals surface area contributed by atoms with Crippen molar-refractivity contribution >= 4 is 5.91 Å². The maximum Gasteiger partial charge on any atom is 0.240 e. The lowest BCUT2D eigenvalue weighted by atomic mass is 10.1. The van der Waals surface area contributed by atoms with Crippen molar-refractivity contribution in [2.24, 2.45) is 0 Å². The minimum atomic E-state index is -0.641. The van der Waals surface area contributed by atoms with E-state index in [9.17, 15) is 9.59 Å². The molecule has 0 aromatic carbocycles. The van der Waals surface area contributed by atoms with E-state index in [1.54, 1.807) is 32.3 Å². The number of hydrogen-bond donors (Lipinski definition) is 2. The summed E-state index contributed by atoms with van der Waals surface area (Å²) < 4.78 is 1.77. The maximum absolute atomic E-state index is 11.9. The van der Waals surface area contributed by atoms with Crippen LogP contribution in [0, 0.1) is 13.8 Å². The normalized spacial score (nSPS) is 11.4. The molecule has 1 aromatic rings. The van der Waals surface area contributed by atoms with E-state index in [4.69, 9.17) is 5.11 Å². The van der Waals surface area contributed by atoms with Crippen LogP contribution in [0.2, 0.25) is 0 Å². The van der Waals surface area contributed by atoms with E-state index < -0.39 is 5.54 Å². The van der Waals surface area contributed by atoms with Gasteiger partial charge in [-0.25, -0.2) is 0 Å². The average molecular weight is 252 g/mol. The highest BCUT2D eigenvalue weighted by atomic mass is 16.3. The van der Waals surface area contributed by atoms with Gasteiger partial charge in [0, 0.05) is 23.5 Å². The molecule has 0 unspecified atom stereocenters. The largest absolute Gasteiger partial charge is 0.394 e. The number of carbonyl (C=O) groups is 1. The minimum absolute atomic E-state index is 0.0580. The van der Waals surface area contributed by atoms with E-state index in [1.807, 2.05) is 0 Å². The lowest BCUT2D eigenvalue weighted by Crippen LogP contribution is -2.47. The zero-order valence-corrected chi connectivity index (χ0v) is 11.3. The second-order valence-corrected chi connectivity index (χ2v) is 5.15. The third-order valence-corrected chi connectivity index (χ3v) is 2.73. The molecule has 0 saturated carbocycles. The lowest BCUT2D eigenvalue weighted by molar-refractivity contribution is -0.123. The molecule has 1 heterocycles. The highest BCUT2D eigenvalue weighted by molar-refractivity contribution is 5.76. The van der Waals surface area contributed by atoms with Crippen molar-refractivity contribution in [3.8, 4) is 0 Å². The zero-order chi connectivity index (χ0) is 13.9. The van der Waals surface area contributed by atoms with Gasteiger partial charge in [-0.3, -0.25) is 9.59 Å². The Morgan fingerprint density at radius 3 is 2.28 bits per heavy atom. The fraction of sp³-hybridized carbons (Fsp3) is 0.538. The summed E-state index contributed by atoms with van der Waals surface area (Å²) in [5.41, 5.74) is 0.795. The topological polar surface area (TPSA) is 71.3 Å². The van der Waals surface area contributed by atoms with Gasteiger partial charge in [-0.05, 0) is 27.7 Å². The maximum atomic E-state index is 11.9. The van der Waals surface area contributed by atoms with E-state index in [-0.39, 0.29) is 24.5 Å². The van der Waals surface area contributed by atoms with E-state index in [0.29, 0.717) is 0 Å². The fourth-order valence-corrected chi connectivity index (χ4v) is 1.74. The molecule has 5 nitrogen and oxygen atoms in total. The van der Waals surface area contributed by atoms with Gasteiger partial charge in [-0.2, -0.15) is 0 Å². The van der Waals surface area contributed by atoms with Gasteiger partial charge >= 0.3 is 0 Å². The van der Waals surface area contributed by atoms with Crippen LogP contribution in [0.1, 0.15) is 25.2 Å². The van der Waals surface area contributed by atoms with Crippen molar-refractivity contribution in [2.75, 3.05) is 6.61 Å². The molecule has 1 rings (SSSR count). The summed E-state index contributed by atoms with van der Waals surface area (Å²) in [6, 6.07) is 2.99. The predicted molar refractivity (Wildman–Crippen MR) is 69.5 cm³/mol. The molecular formula is C13H20N2O3. The van der Waals surface area contributed by atoms with Gasteiger partial charge in [-0.15, -0.1) is 0 Å². The molecule has 0 fully saturated rings. The summed E-state index contributed by atoms with van der Waals surface area (Å²) in [7, 11) is 0. The summed E-state index contributed by atoms with van der Waals surface area (Å²) in [5, 5.41) is 11.8. The van der Waals surface area contributed by atoms with Crippen LogP contribution in [0.15, 0.2) is 16.9 Å². The Labute approximate surface area is 106 Å². The molecule has 0 spiro atoms. The summed E-state index contributed by atoms with van der Waals surface area (Å²) in [5.74, 6) is -0.191. The molecule has 1 amide bonds. The molecule has 18 heavy (non-hydrogen) atoms. The molecule has 0 aliphatic rings. The molecule has 2 N–H and O–H groups in total. The van der Waals surface area contributed by atoms with Crippen molar-refractivity contribution in [2.45, 2.75) is 39.8 Å². The third kappa shape index (κ3) is 3.70. The van der Waals surface area contributed by atoms with Gasteiger partial charge in [0.15, 0.2) is 5.43 Å². The van der Waals surface area contributed by atoms with Gasteiger partial charge in [0.2, 0.25) is 5.91 Å². The molecule has 100 valence electrons. The fourth-order valence-electron chi connectivity index (χ4n) is 1.74. The zero-order valence-electron chi connectivity index (χ0n) is 11.3. The van der Waals surface area contributed by atoms with Crippen LogP contribution in [0.5, 0.6) is 0 Å². The molecule has 0 bridgehead atoms. The van der Waals surface area contributed by atoms with Crippen LogP contribution >= 0.6 is 0 Å². The minimum Gasteiger partial charge on any atom is -0.394 e. The Morgan fingerprint density at radius 1 is 1.33 bits per heavy atom. The quantitative estimate of drug-likeness (QED) is 0.812. The molecular weight excluding hydrogens is 232 g/mol. The second-order valence-electron chi connectivity index (χ2n) is 5.15. The number of amides is 1. The van der Waals surface area contributed by atoms with E-state index in [1.165, 1.54) is 12.1 Å². The van der Waals surface area contributed by atoms with E-state index >= 15 is 0 Å². The molecule has 0 saturated heterocycles. The van der Waals surface area contributed by atoms with Crippen molar-refractivity contribution in [1.82, 2.24) is 9.88 Å². The van der Waals surface area contributed by atoms with Gasteiger partial charge in [0.25, 0.3) is 0 Å². The van der Waals surface area contributed by atoms with Crippen molar-refractivity contribution < 1.29 is 9.90 Å². The number of nitrogens with zero attached hydrogens (tertiary/aromatic N) is 1. The second kappa shape index (κ2) is 5.35. The van der Waals surface area contributed by atoms with Gasteiger partial charge < -0.3 is 15.0 Å². The van der Waals surface area contributed by atoms with Gasteiger partial charge in [0.1, 0.15) is 6.54 Å². The first-order valence-electron chi connectivity index (χ1n) is 5.85. The molecule has 0 atom stereocenters.